The van der Waals surface area contributed by atoms with E-state index in [-0.39, 0.29) is 30.1 Å². The fourth-order valence-electron chi connectivity index (χ4n) is 8.34. The van der Waals surface area contributed by atoms with Gasteiger partial charge >= 0.3 is 0 Å². The largest absolute Gasteiger partial charge is 0.507 e. The lowest BCUT2D eigenvalue weighted by molar-refractivity contribution is -0.205. The van der Waals surface area contributed by atoms with E-state index in [0.717, 1.165) is 30.1 Å². The first kappa shape index (κ1) is 28.1. The van der Waals surface area contributed by atoms with Crippen molar-refractivity contribution in [2.75, 3.05) is 0 Å². The highest BCUT2D eigenvalue weighted by Gasteiger charge is 2.76. The van der Waals surface area contributed by atoms with Gasteiger partial charge in [0, 0.05) is 11.3 Å². The average Bonchev–Trinajstić information content (AvgIpc) is 3.25. The molecule has 0 heterocycles. The number of phenolic OH excluding ortho intramolecular Hbond substituents is 1. The maximum Gasteiger partial charge on any atom is 0.190 e. The molecular weight excluding hydrogens is 508 g/mol. The molecule has 5 rings (SSSR count). The fraction of sp³-hybridized carbons (Fsp3) is 0.485. The monoisotopic (exact) mass is 544 g/mol. The topological polar surface area (TPSA) is 126 Å². The Balaban J connectivity index is 1.68. The number of ketones is 5. The van der Waals surface area contributed by atoms with E-state index in [1.165, 1.54) is 6.07 Å². The summed E-state index contributed by atoms with van der Waals surface area (Å²) in [4.78, 5) is 68.2. The number of aromatic hydroxyl groups is 1. The lowest BCUT2D eigenvalue weighted by atomic mass is 9.40. The van der Waals surface area contributed by atoms with Gasteiger partial charge in [-0.3, -0.25) is 24.0 Å². The lowest BCUT2D eigenvalue weighted by Crippen LogP contribution is -2.76. The van der Waals surface area contributed by atoms with Crippen LogP contribution in [0.3, 0.4) is 0 Å². The van der Waals surface area contributed by atoms with Gasteiger partial charge in [0.15, 0.2) is 28.7 Å². The van der Waals surface area contributed by atoms with Gasteiger partial charge in [-0.25, -0.2) is 0 Å². The molecule has 7 heteroatoms. The molecule has 6 atom stereocenters. The Bertz CT molecular complexity index is 1490. The summed E-state index contributed by atoms with van der Waals surface area (Å²) in [6.45, 7) is 10.0. The molecular formula is C33H36O7. The van der Waals surface area contributed by atoms with Crippen LogP contribution in [0, 0.1) is 34.5 Å². The summed E-state index contributed by atoms with van der Waals surface area (Å²) >= 11 is 0. The number of Topliss-reactive ketones (excluding diaryl/α,β-unsaturated/α-hetero) is 5. The predicted molar refractivity (Wildman–Crippen MR) is 148 cm³/mol. The van der Waals surface area contributed by atoms with E-state index < -0.39 is 63.1 Å². The number of carbonyl (C=O) groups excluding carboxylic acids is 5. The van der Waals surface area contributed by atoms with Crippen molar-refractivity contribution in [2.24, 2.45) is 34.5 Å². The highest BCUT2D eigenvalue weighted by atomic mass is 16.3. The number of carbonyl (C=O) groups is 5. The van der Waals surface area contributed by atoms with E-state index in [9.17, 15) is 34.2 Å². The van der Waals surface area contributed by atoms with Gasteiger partial charge in [-0.05, 0) is 72.8 Å². The number of rotatable bonds is 4. The molecule has 1 aromatic carbocycles. The van der Waals surface area contributed by atoms with E-state index in [4.69, 9.17) is 0 Å². The molecule has 4 aliphatic carbocycles. The normalized spacial score (nSPS) is 35.5. The molecule has 7 nitrogen and oxygen atoms in total. The van der Waals surface area contributed by atoms with Crippen LogP contribution in [0.4, 0.5) is 0 Å². The third-order valence-corrected chi connectivity index (χ3v) is 9.98. The third-order valence-electron chi connectivity index (χ3n) is 9.98. The summed E-state index contributed by atoms with van der Waals surface area (Å²) in [6, 6.07) is 3.16. The number of aliphatic hydroxyl groups is 1. The first-order chi connectivity index (χ1) is 18.6. The van der Waals surface area contributed by atoms with E-state index in [1.54, 1.807) is 33.8 Å². The predicted octanol–water partition coefficient (Wildman–Crippen LogP) is 4.38. The van der Waals surface area contributed by atoms with Crippen LogP contribution in [0.25, 0.3) is 6.08 Å². The first-order valence-corrected chi connectivity index (χ1v) is 13.9. The van der Waals surface area contributed by atoms with Crippen molar-refractivity contribution in [3.63, 3.8) is 0 Å². The molecule has 0 amide bonds. The zero-order valence-electron chi connectivity index (χ0n) is 23.8. The molecule has 0 saturated heterocycles. The van der Waals surface area contributed by atoms with Gasteiger partial charge in [-0.2, -0.15) is 0 Å². The molecule has 2 fully saturated rings. The van der Waals surface area contributed by atoms with Crippen LogP contribution in [0.1, 0.15) is 75.9 Å². The molecule has 3 unspecified atom stereocenters. The van der Waals surface area contributed by atoms with Crippen molar-refractivity contribution in [1.82, 2.24) is 0 Å². The van der Waals surface area contributed by atoms with E-state index >= 15 is 0 Å². The minimum Gasteiger partial charge on any atom is -0.507 e. The van der Waals surface area contributed by atoms with Gasteiger partial charge < -0.3 is 10.2 Å². The summed E-state index contributed by atoms with van der Waals surface area (Å²) in [5.41, 5.74) is -1.61. The minimum atomic E-state index is -2.68. The van der Waals surface area contributed by atoms with Crippen LogP contribution in [0.2, 0.25) is 0 Å². The van der Waals surface area contributed by atoms with Crippen molar-refractivity contribution >= 4 is 35.0 Å². The van der Waals surface area contributed by atoms with Crippen molar-refractivity contribution in [3.8, 4) is 5.75 Å². The standard InChI is InChI=1S/C33H36O7/c1-16(2)25-27(36)23(18(4)34)29(38)33(40)30(39)26-28(37)24-21(14-31(26,5)15-32(25,33)6)20(12-13-22(24)35)11-10-19-9-7-8-17(19)3/h7-8,10-13,16,23,25-26,35,40H,9,14-15H2,1-6H3/b11-10+/t23?,25?,26?,31-,32-,33+/m1/s1. The summed E-state index contributed by atoms with van der Waals surface area (Å²) in [5, 5.41) is 22.9. The number of hydrogen-bond acceptors (Lipinski definition) is 7. The van der Waals surface area contributed by atoms with E-state index in [2.05, 4.69) is 6.08 Å². The maximum absolute atomic E-state index is 14.3. The summed E-state index contributed by atoms with van der Waals surface area (Å²) in [5.74, 6) is -8.83. The quantitative estimate of drug-likeness (QED) is 0.539. The molecule has 0 spiro atoms. The highest BCUT2D eigenvalue weighted by Crippen LogP contribution is 2.63. The fourth-order valence-corrected chi connectivity index (χ4v) is 8.34. The number of phenols is 1. The van der Waals surface area contributed by atoms with E-state index in [1.807, 2.05) is 25.2 Å². The molecule has 40 heavy (non-hydrogen) atoms. The molecule has 210 valence electrons. The Morgan fingerprint density at radius 3 is 2.33 bits per heavy atom. The first-order valence-electron chi connectivity index (χ1n) is 13.9. The van der Waals surface area contributed by atoms with Gasteiger partial charge in [0.1, 0.15) is 17.5 Å². The average molecular weight is 545 g/mol. The van der Waals surface area contributed by atoms with E-state index in [0.29, 0.717) is 5.56 Å². The van der Waals surface area contributed by atoms with Gasteiger partial charge in [0.05, 0.1) is 11.5 Å². The van der Waals surface area contributed by atoms with Crippen LogP contribution < -0.4 is 0 Å². The Kier molecular flexibility index (Phi) is 6.34. The summed E-state index contributed by atoms with van der Waals surface area (Å²) in [7, 11) is 0. The number of benzene rings is 1. The van der Waals surface area contributed by atoms with Crippen molar-refractivity contribution in [3.05, 3.63) is 58.2 Å². The molecule has 2 N–H and O–H groups in total. The Labute approximate surface area is 234 Å². The van der Waals surface area contributed by atoms with Gasteiger partial charge in [-0.1, -0.05) is 58.1 Å². The summed E-state index contributed by atoms with van der Waals surface area (Å²) < 4.78 is 0. The smallest absolute Gasteiger partial charge is 0.190 e. The second-order valence-electron chi connectivity index (χ2n) is 13.0. The number of hydrogen-bond donors (Lipinski definition) is 2. The highest BCUT2D eigenvalue weighted by molar-refractivity contribution is 6.32. The lowest BCUT2D eigenvalue weighted by Gasteiger charge is -2.61. The molecule has 0 aromatic heterocycles. The molecule has 1 aromatic rings. The summed E-state index contributed by atoms with van der Waals surface area (Å²) in [6.07, 6.45) is 9.08. The third kappa shape index (κ3) is 3.56. The molecule has 0 aliphatic heterocycles. The second-order valence-corrected chi connectivity index (χ2v) is 13.0. The zero-order chi connectivity index (χ0) is 29.5. The molecule has 0 radical (unpaired) electrons. The SMILES string of the molecule is CC(=O)C1C(=O)C(C(C)C)[C@@]2(C)C[C@@]3(C)Cc4c(/C=C/C5=C(C)C=CC5)ccc(O)c4C(=O)C3C(=O)[C@@]2(O)C1=O. The van der Waals surface area contributed by atoms with Crippen LogP contribution in [-0.4, -0.2) is 44.7 Å². The Morgan fingerprint density at radius 1 is 1.07 bits per heavy atom. The molecule has 0 bridgehead atoms. The number of allylic oxidation sites excluding steroid dienone is 5. The van der Waals surface area contributed by atoms with Crippen LogP contribution in [-0.2, 0) is 25.6 Å². The van der Waals surface area contributed by atoms with Crippen molar-refractivity contribution in [2.45, 2.75) is 66.4 Å². The maximum atomic E-state index is 14.3. The molecule has 2 saturated carbocycles. The second kappa shape index (κ2) is 9.03. The Hall–Kier alpha value is -3.45. The van der Waals surface area contributed by atoms with Crippen molar-refractivity contribution < 1.29 is 34.2 Å². The van der Waals surface area contributed by atoms with Gasteiger partial charge in [-0.15, -0.1) is 0 Å². The van der Waals surface area contributed by atoms with Crippen LogP contribution in [0.15, 0.2) is 41.5 Å². The van der Waals surface area contributed by atoms with Crippen LogP contribution >= 0.6 is 0 Å². The Morgan fingerprint density at radius 2 is 1.75 bits per heavy atom. The molecule has 4 aliphatic rings. The number of fused-ring (bicyclic) bond motifs is 3. The minimum absolute atomic E-state index is 0.0169. The van der Waals surface area contributed by atoms with Crippen molar-refractivity contribution in [1.29, 1.82) is 0 Å². The van der Waals surface area contributed by atoms with Gasteiger partial charge in [0.2, 0.25) is 0 Å². The van der Waals surface area contributed by atoms with Gasteiger partial charge in [0.25, 0.3) is 0 Å². The van der Waals surface area contributed by atoms with Crippen LogP contribution in [0.5, 0.6) is 5.75 Å². The zero-order valence-corrected chi connectivity index (χ0v) is 23.8.